The quantitative estimate of drug-likeness (QED) is 0.539. The Bertz CT molecular complexity index is 1260. The van der Waals surface area contributed by atoms with Gasteiger partial charge in [0.25, 0.3) is 5.91 Å². The molecule has 1 heterocycles. The third-order valence-electron chi connectivity index (χ3n) is 6.84. The molecule has 7 nitrogen and oxygen atoms in total. The van der Waals surface area contributed by atoms with Crippen molar-refractivity contribution >= 4 is 17.8 Å². The Morgan fingerprint density at radius 2 is 1.69 bits per heavy atom. The average molecular weight is 470 g/mol. The number of methoxy groups -OCH3 is 1. The maximum atomic E-state index is 13.5. The number of nitrogens with zero attached hydrogens (tertiary/aromatic N) is 1. The summed E-state index contributed by atoms with van der Waals surface area (Å²) in [5, 5.41) is 5.92. The van der Waals surface area contributed by atoms with E-state index in [4.69, 9.17) is 4.74 Å². The Balaban J connectivity index is 1.37. The number of imide groups is 1. The molecule has 1 aliphatic heterocycles. The number of fused-ring (bicyclic) bond motifs is 2. The van der Waals surface area contributed by atoms with Crippen LogP contribution in [-0.4, -0.2) is 36.4 Å². The molecule has 5 rings (SSSR count). The molecule has 1 aliphatic carbocycles. The SMILES string of the molecule is COc1ccc([C@@H](NC(=O)CN2C(=O)N[C@@]3(CCCc4ccccc43)C2=O)c2ccccc2)cc1. The molecule has 4 amide bonds. The zero-order valence-electron chi connectivity index (χ0n) is 19.5. The van der Waals surface area contributed by atoms with Gasteiger partial charge in [0.1, 0.15) is 17.8 Å². The van der Waals surface area contributed by atoms with Gasteiger partial charge in [-0.15, -0.1) is 0 Å². The van der Waals surface area contributed by atoms with Gasteiger partial charge in [0.2, 0.25) is 5.91 Å². The number of carbonyl (C=O) groups excluding carboxylic acids is 3. The molecule has 2 aliphatic rings. The molecule has 7 heteroatoms. The number of benzene rings is 3. The first-order valence-corrected chi connectivity index (χ1v) is 11.7. The van der Waals surface area contributed by atoms with E-state index in [1.807, 2.05) is 78.9 Å². The molecule has 0 aromatic heterocycles. The summed E-state index contributed by atoms with van der Waals surface area (Å²) < 4.78 is 5.25. The van der Waals surface area contributed by atoms with Crippen molar-refractivity contribution in [3.63, 3.8) is 0 Å². The van der Waals surface area contributed by atoms with Crippen molar-refractivity contribution in [3.05, 3.63) is 101 Å². The van der Waals surface area contributed by atoms with Gasteiger partial charge >= 0.3 is 6.03 Å². The number of amides is 4. The van der Waals surface area contributed by atoms with Gasteiger partial charge in [-0.25, -0.2) is 4.79 Å². The highest BCUT2D eigenvalue weighted by atomic mass is 16.5. The Labute approximate surface area is 204 Å². The van der Waals surface area contributed by atoms with Crippen molar-refractivity contribution in [3.8, 4) is 5.75 Å². The number of urea groups is 1. The van der Waals surface area contributed by atoms with Gasteiger partial charge in [0.05, 0.1) is 13.2 Å². The molecule has 3 aromatic carbocycles. The summed E-state index contributed by atoms with van der Waals surface area (Å²) in [5.74, 6) is -0.0749. The van der Waals surface area contributed by atoms with E-state index in [-0.39, 0.29) is 12.5 Å². The molecular weight excluding hydrogens is 442 g/mol. The van der Waals surface area contributed by atoms with E-state index < -0.39 is 23.5 Å². The Hall–Kier alpha value is -4.13. The molecule has 0 radical (unpaired) electrons. The maximum absolute atomic E-state index is 13.5. The summed E-state index contributed by atoms with van der Waals surface area (Å²) >= 11 is 0. The van der Waals surface area contributed by atoms with E-state index in [1.165, 1.54) is 0 Å². The number of hydrogen-bond acceptors (Lipinski definition) is 4. The summed E-state index contributed by atoms with van der Waals surface area (Å²) in [5.41, 5.74) is 2.54. The van der Waals surface area contributed by atoms with Crippen LogP contribution in [0.3, 0.4) is 0 Å². The van der Waals surface area contributed by atoms with Crippen LogP contribution in [0.5, 0.6) is 5.75 Å². The van der Waals surface area contributed by atoms with Crippen molar-refractivity contribution in [2.45, 2.75) is 30.8 Å². The monoisotopic (exact) mass is 469 g/mol. The van der Waals surface area contributed by atoms with Crippen molar-refractivity contribution in [2.24, 2.45) is 0 Å². The number of hydrogen-bond donors (Lipinski definition) is 2. The maximum Gasteiger partial charge on any atom is 0.325 e. The largest absolute Gasteiger partial charge is 0.497 e. The third-order valence-corrected chi connectivity index (χ3v) is 6.84. The van der Waals surface area contributed by atoms with Crippen LogP contribution in [0, 0.1) is 0 Å². The summed E-state index contributed by atoms with van der Waals surface area (Å²) in [6.07, 6.45) is 2.17. The van der Waals surface area contributed by atoms with Gasteiger partial charge in [-0.2, -0.15) is 0 Å². The predicted octanol–water partition coefficient (Wildman–Crippen LogP) is 3.68. The van der Waals surface area contributed by atoms with Crippen LogP contribution in [0.2, 0.25) is 0 Å². The lowest BCUT2D eigenvalue weighted by molar-refractivity contribution is -0.135. The van der Waals surface area contributed by atoms with Gasteiger partial charge in [0, 0.05) is 0 Å². The second kappa shape index (κ2) is 9.25. The van der Waals surface area contributed by atoms with E-state index in [0.29, 0.717) is 12.2 Å². The average Bonchev–Trinajstić information content (AvgIpc) is 3.12. The predicted molar refractivity (Wildman–Crippen MR) is 131 cm³/mol. The second-order valence-corrected chi connectivity index (χ2v) is 8.92. The number of nitrogens with one attached hydrogen (secondary N) is 2. The lowest BCUT2D eigenvalue weighted by atomic mass is 9.76. The molecule has 0 bridgehead atoms. The van der Waals surface area contributed by atoms with Gasteiger partial charge in [0.15, 0.2) is 0 Å². The lowest BCUT2D eigenvalue weighted by Gasteiger charge is -2.33. The van der Waals surface area contributed by atoms with Crippen LogP contribution in [0.25, 0.3) is 0 Å². The summed E-state index contributed by atoms with van der Waals surface area (Å²) in [6.45, 7) is -0.353. The Morgan fingerprint density at radius 1 is 1.00 bits per heavy atom. The molecule has 178 valence electrons. The molecule has 0 unspecified atom stereocenters. The van der Waals surface area contributed by atoms with E-state index in [2.05, 4.69) is 10.6 Å². The number of ether oxygens (including phenoxy) is 1. The summed E-state index contributed by atoms with van der Waals surface area (Å²) in [7, 11) is 1.60. The summed E-state index contributed by atoms with van der Waals surface area (Å²) in [4.78, 5) is 40.6. The van der Waals surface area contributed by atoms with Crippen LogP contribution in [-0.2, 0) is 21.5 Å². The first-order chi connectivity index (χ1) is 17.0. The molecular formula is C28H27N3O4. The molecule has 1 saturated heterocycles. The minimum absolute atomic E-state index is 0.353. The van der Waals surface area contributed by atoms with Crippen LogP contribution in [0.1, 0.15) is 41.1 Å². The smallest absolute Gasteiger partial charge is 0.325 e. The van der Waals surface area contributed by atoms with Crippen LogP contribution in [0.15, 0.2) is 78.9 Å². The standard InChI is InChI=1S/C28H27N3O4/c1-35-22-15-13-21(14-16-22)25(20-9-3-2-4-10-20)29-24(32)18-31-26(33)28(30-27(31)34)17-7-11-19-8-5-6-12-23(19)28/h2-6,8-10,12-16,25H,7,11,17-18H2,1H3,(H,29,32)(H,30,34)/t25-,28+/m0/s1. The molecule has 35 heavy (non-hydrogen) atoms. The number of rotatable bonds is 6. The van der Waals surface area contributed by atoms with Crippen molar-refractivity contribution in [2.75, 3.05) is 13.7 Å². The molecule has 2 N–H and O–H groups in total. The molecule has 2 atom stereocenters. The van der Waals surface area contributed by atoms with Crippen molar-refractivity contribution in [1.29, 1.82) is 0 Å². The van der Waals surface area contributed by atoms with Gasteiger partial charge < -0.3 is 15.4 Å². The zero-order chi connectivity index (χ0) is 24.4. The van der Waals surface area contributed by atoms with Crippen molar-refractivity contribution in [1.82, 2.24) is 15.5 Å². The van der Waals surface area contributed by atoms with E-state index in [9.17, 15) is 14.4 Å². The van der Waals surface area contributed by atoms with E-state index in [0.717, 1.165) is 40.0 Å². The zero-order valence-corrected chi connectivity index (χ0v) is 19.5. The fourth-order valence-corrected chi connectivity index (χ4v) is 5.11. The number of carbonyl (C=O) groups is 3. The van der Waals surface area contributed by atoms with Gasteiger partial charge in [-0.3, -0.25) is 14.5 Å². The Kier molecular flexibility index (Phi) is 5.99. The van der Waals surface area contributed by atoms with Crippen LogP contribution < -0.4 is 15.4 Å². The normalized spacial score (nSPS) is 19.7. The molecule has 3 aromatic rings. The number of aryl methyl sites for hydroxylation is 1. The minimum Gasteiger partial charge on any atom is -0.497 e. The van der Waals surface area contributed by atoms with Gasteiger partial charge in [-0.05, 0) is 53.6 Å². The molecule has 0 saturated carbocycles. The lowest BCUT2D eigenvalue weighted by Crippen LogP contribution is -2.47. The minimum atomic E-state index is -1.10. The topological polar surface area (TPSA) is 87.7 Å². The third kappa shape index (κ3) is 4.14. The van der Waals surface area contributed by atoms with Gasteiger partial charge in [-0.1, -0.05) is 66.7 Å². The first kappa shape index (κ1) is 22.7. The summed E-state index contributed by atoms with van der Waals surface area (Å²) in [6, 6.07) is 23.7. The second-order valence-electron chi connectivity index (χ2n) is 8.92. The highest BCUT2D eigenvalue weighted by molar-refractivity contribution is 6.09. The fraction of sp³-hybridized carbons (Fsp3) is 0.250. The highest BCUT2D eigenvalue weighted by Crippen LogP contribution is 2.39. The molecule has 1 fully saturated rings. The van der Waals surface area contributed by atoms with Crippen molar-refractivity contribution < 1.29 is 19.1 Å². The van der Waals surface area contributed by atoms with Crippen LogP contribution >= 0.6 is 0 Å². The Morgan fingerprint density at radius 3 is 2.43 bits per heavy atom. The van der Waals surface area contributed by atoms with E-state index >= 15 is 0 Å². The molecule has 1 spiro atoms. The fourth-order valence-electron chi connectivity index (χ4n) is 5.11. The van der Waals surface area contributed by atoms with Crippen LogP contribution in [0.4, 0.5) is 4.79 Å². The first-order valence-electron chi connectivity index (χ1n) is 11.7. The van der Waals surface area contributed by atoms with E-state index in [1.54, 1.807) is 7.11 Å². The highest BCUT2D eigenvalue weighted by Gasteiger charge is 2.54.